The number of guanidine groups is 1. The van der Waals surface area contributed by atoms with Crippen LogP contribution >= 0.6 is 0 Å². The Balaban J connectivity index is 1.60. The van der Waals surface area contributed by atoms with Crippen molar-refractivity contribution in [3.63, 3.8) is 0 Å². The van der Waals surface area contributed by atoms with Crippen molar-refractivity contribution in [1.29, 1.82) is 0 Å². The summed E-state index contributed by atoms with van der Waals surface area (Å²) >= 11 is 0. The molecule has 5 nitrogen and oxygen atoms in total. The van der Waals surface area contributed by atoms with E-state index in [1.807, 2.05) is 17.9 Å². The van der Waals surface area contributed by atoms with Crippen LogP contribution in [-0.2, 0) is 13.5 Å². The lowest BCUT2D eigenvalue weighted by molar-refractivity contribution is 0.459. The van der Waals surface area contributed by atoms with E-state index in [0.29, 0.717) is 11.8 Å². The zero-order valence-corrected chi connectivity index (χ0v) is 17.2. The summed E-state index contributed by atoms with van der Waals surface area (Å²) in [6.07, 6.45) is 6.44. The normalized spacial score (nSPS) is 18.7. The fourth-order valence-corrected chi connectivity index (χ4v) is 3.83. The molecule has 2 unspecified atom stereocenters. The number of aryl methyl sites for hydroxylation is 2. The van der Waals surface area contributed by atoms with Crippen molar-refractivity contribution in [2.45, 2.75) is 39.5 Å². The molecule has 0 amide bonds. The third-order valence-electron chi connectivity index (χ3n) is 5.33. The van der Waals surface area contributed by atoms with E-state index in [-0.39, 0.29) is 0 Å². The van der Waals surface area contributed by atoms with Gasteiger partial charge in [0, 0.05) is 45.3 Å². The van der Waals surface area contributed by atoms with Crippen LogP contribution in [0.25, 0.3) is 0 Å². The van der Waals surface area contributed by atoms with Crippen molar-refractivity contribution in [3.05, 3.63) is 53.3 Å². The predicted molar refractivity (Wildman–Crippen MR) is 112 cm³/mol. The second-order valence-corrected chi connectivity index (χ2v) is 7.84. The van der Waals surface area contributed by atoms with Crippen LogP contribution in [0.4, 0.5) is 0 Å². The molecule has 27 heavy (non-hydrogen) atoms. The van der Waals surface area contributed by atoms with Crippen LogP contribution in [0, 0.1) is 12.8 Å². The van der Waals surface area contributed by atoms with Crippen molar-refractivity contribution in [3.8, 4) is 0 Å². The van der Waals surface area contributed by atoms with Crippen molar-refractivity contribution in [2.75, 3.05) is 26.2 Å². The maximum Gasteiger partial charge on any atom is 0.193 e. The summed E-state index contributed by atoms with van der Waals surface area (Å²) in [5.74, 6) is 2.16. The van der Waals surface area contributed by atoms with Crippen LogP contribution in [0.2, 0.25) is 0 Å². The summed E-state index contributed by atoms with van der Waals surface area (Å²) < 4.78 is 1.89. The standard InChI is InChI=1S/C22H33N5/c1-5-23-22(24-13-18(3)21-8-6-7-17(2)11-21)27-10-9-19(16-27)12-20-14-25-26(4)15-20/h6-8,11,14-15,18-19H,5,9-10,12-13,16H2,1-4H3,(H,23,24). The first-order valence-electron chi connectivity index (χ1n) is 10.1. The summed E-state index contributed by atoms with van der Waals surface area (Å²) in [6.45, 7) is 10.4. The van der Waals surface area contributed by atoms with Crippen molar-refractivity contribution in [2.24, 2.45) is 18.0 Å². The van der Waals surface area contributed by atoms with Crippen LogP contribution in [0.3, 0.4) is 0 Å². The number of nitrogens with one attached hydrogen (secondary N) is 1. The van der Waals surface area contributed by atoms with E-state index in [4.69, 9.17) is 4.99 Å². The van der Waals surface area contributed by atoms with Gasteiger partial charge in [-0.3, -0.25) is 9.67 Å². The summed E-state index contributed by atoms with van der Waals surface area (Å²) in [4.78, 5) is 7.39. The van der Waals surface area contributed by atoms with Gasteiger partial charge in [0.05, 0.1) is 6.20 Å². The third kappa shape index (κ3) is 5.34. The van der Waals surface area contributed by atoms with Gasteiger partial charge >= 0.3 is 0 Å². The molecule has 1 fully saturated rings. The van der Waals surface area contributed by atoms with Gasteiger partial charge in [0.25, 0.3) is 0 Å². The molecule has 1 N–H and O–H groups in total. The Labute approximate surface area is 163 Å². The largest absolute Gasteiger partial charge is 0.357 e. The number of likely N-dealkylation sites (tertiary alicyclic amines) is 1. The summed E-state index contributed by atoms with van der Waals surface area (Å²) in [6, 6.07) is 8.77. The van der Waals surface area contributed by atoms with Gasteiger partial charge in [0.2, 0.25) is 0 Å². The van der Waals surface area contributed by atoms with E-state index in [1.165, 1.54) is 23.1 Å². The van der Waals surface area contributed by atoms with E-state index < -0.39 is 0 Å². The van der Waals surface area contributed by atoms with Crippen molar-refractivity contribution in [1.82, 2.24) is 20.0 Å². The Morgan fingerprint density at radius 1 is 1.41 bits per heavy atom. The van der Waals surface area contributed by atoms with E-state index in [9.17, 15) is 0 Å². The van der Waals surface area contributed by atoms with Crippen LogP contribution < -0.4 is 5.32 Å². The first-order valence-corrected chi connectivity index (χ1v) is 10.1. The summed E-state index contributed by atoms with van der Waals surface area (Å²) in [5.41, 5.74) is 4.01. The van der Waals surface area contributed by atoms with Gasteiger partial charge in [-0.1, -0.05) is 36.8 Å². The Kier molecular flexibility index (Phi) is 6.54. The Morgan fingerprint density at radius 3 is 2.96 bits per heavy atom. The number of hydrogen-bond donors (Lipinski definition) is 1. The van der Waals surface area contributed by atoms with Gasteiger partial charge in [-0.25, -0.2) is 0 Å². The average molecular weight is 368 g/mol. The maximum absolute atomic E-state index is 4.96. The first-order chi connectivity index (χ1) is 13.0. The average Bonchev–Trinajstić information content (AvgIpc) is 3.27. The molecule has 1 saturated heterocycles. The van der Waals surface area contributed by atoms with Crippen LogP contribution in [0.1, 0.15) is 42.9 Å². The first kappa shape index (κ1) is 19.5. The van der Waals surface area contributed by atoms with Crippen LogP contribution in [-0.4, -0.2) is 46.8 Å². The Hall–Kier alpha value is -2.30. The molecule has 1 aliphatic rings. The summed E-state index contributed by atoms with van der Waals surface area (Å²) in [5, 5.41) is 7.78. The molecule has 2 atom stereocenters. The highest BCUT2D eigenvalue weighted by molar-refractivity contribution is 5.80. The molecule has 2 heterocycles. The molecule has 1 aromatic heterocycles. The minimum Gasteiger partial charge on any atom is -0.357 e. The smallest absolute Gasteiger partial charge is 0.193 e. The highest BCUT2D eigenvalue weighted by Crippen LogP contribution is 2.21. The molecule has 0 bridgehead atoms. The van der Waals surface area contributed by atoms with E-state index in [1.54, 1.807) is 0 Å². The highest BCUT2D eigenvalue weighted by Gasteiger charge is 2.25. The van der Waals surface area contributed by atoms with Crippen molar-refractivity contribution < 1.29 is 0 Å². The second kappa shape index (κ2) is 9.07. The second-order valence-electron chi connectivity index (χ2n) is 7.84. The maximum atomic E-state index is 4.96. The number of aromatic nitrogens is 2. The van der Waals surface area contributed by atoms with Gasteiger partial charge < -0.3 is 10.2 Å². The van der Waals surface area contributed by atoms with Crippen molar-refractivity contribution >= 4 is 5.96 Å². The molecule has 1 aliphatic heterocycles. The molecule has 3 rings (SSSR count). The zero-order chi connectivity index (χ0) is 19.2. The van der Waals surface area contributed by atoms with E-state index in [0.717, 1.165) is 38.6 Å². The zero-order valence-electron chi connectivity index (χ0n) is 17.2. The number of rotatable bonds is 6. The number of hydrogen-bond acceptors (Lipinski definition) is 2. The number of aliphatic imine (C=N–C) groups is 1. The molecule has 0 spiro atoms. The monoisotopic (exact) mass is 367 g/mol. The molecule has 5 heteroatoms. The minimum atomic E-state index is 0.423. The number of nitrogens with zero attached hydrogens (tertiary/aromatic N) is 4. The predicted octanol–water partition coefficient (Wildman–Crippen LogP) is 3.36. The lowest BCUT2D eigenvalue weighted by Gasteiger charge is -2.22. The molecule has 0 aliphatic carbocycles. The molecule has 2 aromatic rings. The lowest BCUT2D eigenvalue weighted by Crippen LogP contribution is -2.40. The van der Waals surface area contributed by atoms with Gasteiger partial charge in [-0.2, -0.15) is 5.10 Å². The quantitative estimate of drug-likeness (QED) is 0.629. The van der Waals surface area contributed by atoms with Crippen LogP contribution in [0.5, 0.6) is 0 Å². The molecule has 1 aromatic carbocycles. The lowest BCUT2D eigenvalue weighted by atomic mass is 10.00. The van der Waals surface area contributed by atoms with Gasteiger partial charge in [-0.05, 0) is 43.7 Å². The fraction of sp³-hybridized carbons (Fsp3) is 0.545. The SMILES string of the molecule is CCNC(=NCC(C)c1cccc(C)c1)N1CCC(Cc2cnn(C)c2)C1. The highest BCUT2D eigenvalue weighted by atomic mass is 15.3. The molecular formula is C22H33N5. The van der Waals surface area contributed by atoms with E-state index in [2.05, 4.69) is 66.5 Å². The molecule has 146 valence electrons. The Morgan fingerprint density at radius 2 is 2.26 bits per heavy atom. The molecule has 0 saturated carbocycles. The third-order valence-corrected chi connectivity index (χ3v) is 5.33. The van der Waals surface area contributed by atoms with Gasteiger partial charge in [0.1, 0.15) is 0 Å². The summed E-state index contributed by atoms with van der Waals surface area (Å²) in [7, 11) is 1.98. The van der Waals surface area contributed by atoms with E-state index >= 15 is 0 Å². The van der Waals surface area contributed by atoms with Gasteiger partial charge in [-0.15, -0.1) is 0 Å². The number of benzene rings is 1. The minimum absolute atomic E-state index is 0.423. The van der Waals surface area contributed by atoms with Crippen LogP contribution in [0.15, 0.2) is 41.7 Å². The Bertz CT molecular complexity index is 764. The van der Waals surface area contributed by atoms with Gasteiger partial charge in [0.15, 0.2) is 5.96 Å². The molecule has 0 radical (unpaired) electrons. The fourth-order valence-electron chi connectivity index (χ4n) is 3.83. The topological polar surface area (TPSA) is 45.5 Å². The molecular weight excluding hydrogens is 334 g/mol.